The number of carboxylic acids is 1. The number of carbonyl (C=O) groups is 2. The minimum atomic E-state index is -1.08. The summed E-state index contributed by atoms with van der Waals surface area (Å²) in [6.07, 6.45) is 0. The zero-order chi connectivity index (χ0) is 15.8. The fraction of sp³-hybridized carbons (Fsp3) is 0.429. The molecule has 7 heteroatoms. The summed E-state index contributed by atoms with van der Waals surface area (Å²) in [4.78, 5) is 23.9. The predicted molar refractivity (Wildman–Crippen MR) is 77.8 cm³/mol. The van der Waals surface area contributed by atoms with Gasteiger partial charge in [-0.05, 0) is 30.7 Å². The minimum Gasteiger partial charge on any atom is -0.484 e. The minimum absolute atomic E-state index is 0.199. The third kappa shape index (κ3) is 6.01. The van der Waals surface area contributed by atoms with Crippen LogP contribution >= 0.6 is 11.6 Å². The van der Waals surface area contributed by atoms with E-state index in [0.717, 1.165) is 5.56 Å². The number of nitrogens with zero attached hydrogens (tertiary/aromatic N) is 1. The summed E-state index contributed by atoms with van der Waals surface area (Å²) in [5, 5.41) is 9.41. The van der Waals surface area contributed by atoms with Gasteiger partial charge in [-0.2, -0.15) is 0 Å². The second-order valence-electron chi connectivity index (χ2n) is 4.40. The molecule has 0 unspecified atom stereocenters. The molecule has 1 aromatic rings. The van der Waals surface area contributed by atoms with Crippen molar-refractivity contribution in [2.24, 2.45) is 0 Å². The molecule has 0 aliphatic rings. The smallest absolute Gasteiger partial charge is 0.323 e. The molecule has 0 fully saturated rings. The van der Waals surface area contributed by atoms with Crippen molar-refractivity contribution in [3.63, 3.8) is 0 Å². The van der Waals surface area contributed by atoms with Crippen LogP contribution < -0.4 is 4.74 Å². The molecule has 0 saturated carbocycles. The van der Waals surface area contributed by atoms with E-state index in [1.807, 2.05) is 6.92 Å². The number of carboxylic acid groups (broad SMARTS) is 1. The first-order valence-electron chi connectivity index (χ1n) is 6.31. The highest BCUT2D eigenvalue weighted by atomic mass is 35.5. The average Bonchev–Trinajstić information content (AvgIpc) is 2.44. The monoisotopic (exact) mass is 315 g/mol. The maximum Gasteiger partial charge on any atom is 0.323 e. The lowest BCUT2D eigenvalue weighted by atomic mass is 10.2. The van der Waals surface area contributed by atoms with E-state index >= 15 is 0 Å². The van der Waals surface area contributed by atoms with Crippen molar-refractivity contribution in [3.05, 3.63) is 28.8 Å². The van der Waals surface area contributed by atoms with E-state index < -0.39 is 11.9 Å². The second kappa shape index (κ2) is 8.49. The highest BCUT2D eigenvalue weighted by molar-refractivity contribution is 6.31. The number of aliphatic carboxylic acids is 1. The van der Waals surface area contributed by atoms with Gasteiger partial charge in [0, 0.05) is 18.7 Å². The van der Waals surface area contributed by atoms with Gasteiger partial charge in [-0.25, -0.2) is 0 Å². The van der Waals surface area contributed by atoms with Gasteiger partial charge >= 0.3 is 5.97 Å². The highest BCUT2D eigenvalue weighted by Crippen LogP contribution is 2.20. The molecule has 0 aliphatic heterocycles. The molecule has 0 spiro atoms. The SMILES string of the molecule is COCCN(CC(=O)O)C(=O)COc1ccc(Cl)c(C)c1. The van der Waals surface area contributed by atoms with E-state index in [1.54, 1.807) is 18.2 Å². The van der Waals surface area contributed by atoms with E-state index in [4.69, 9.17) is 26.2 Å². The van der Waals surface area contributed by atoms with Gasteiger partial charge in [0.15, 0.2) is 6.61 Å². The van der Waals surface area contributed by atoms with Crippen LogP contribution in [-0.2, 0) is 14.3 Å². The number of amides is 1. The van der Waals surface area contributed by atoms with Crippen molar-refractivity contribution >= 4 is 23.5 Å². The quantitative estimate of drug-likeness (QED) is 0.788. The Balaban J connectivity index is 2.59. The average molecular weight is 316 g/mol. The normalized spacial score (nSPS) is 10.2. The Morgan fingerprint density at radius 2 is 2.10 bits per heavy atom. The molecule has 0 atom stereocenters. The number of ether oxygens (including phenoxy) is 2. The molecule has 0 heterocycles. The van der Waals surface area contributed by atoms with Crippen molar-refractivity contribution in [2.45, 2.75) is 6.92 Å². The van der Waals surface area contributed by atoms with Gasteiger partial charge in [0.1, 0.15) is 12.3 Å². The molecule has 0 aliphatic carbocycles. The van der Waals surface area contributed by atoms with Crippen molar-refractivity contribution < 1.29 is 24.2 Å². The van der Waals surface area contributed by atoms with Crippen molar-refractivity contribution in [1.82, 2.24) is 4.90 Å². The highest BCUT2D eigenvalue weighted by Gasteiger charge is 2.17. The Bertz CT molecular complexity index is 506. The molecule has 0 aromatic heterocycles. The van der Waals surface area contributed by atoms with Crippen molar-refractivity contribution in [1.29, 1.82) is 0 Å². The lowest BCUT2D eigenvalue weighted by molar-refractivity contribution is -0.145. The molecule has 6 nitrogen and oxygen atoms in total. The first-order valence-corrected chi connectivity index (χ1v) is 6.69. The van der Waals surface area contributed by atoms with Crippen molar-refractivity contribution in [3.8, 4) is 5.75 Å². The number of aryl methyl sites for hydroxylation is 1. The van der Waals surface area contributed by atoms with Gasteiger partial charge in [-0.3, -0.25) is 9.59 Å². The number of hydrogen-bond donors (Lipinski definition) is 1. The third-order valence-corrected chi connectivity index (χ3v) is 3.16. The van der Waals surface area contributed by atoms with Crippen LogP contribution in [0, 0.1) is 6.92 Å². The topological polar surface area (TPSA) is 76.1 Å². The van der Waals surface area contributed by atoms with Crippen LogP contribution in [0.1, 0.15) is 5.56 Å². The fourth-order valence-electron chi connectivity index (χ4n) is 1.60. The maximum atomic E-state index is 12.0. The van der Waals surface area contributed by atoms with E-state index in [-0.39, 0.29) is 26.3 Å². The molecule has 1 N–H and O–H groups in total. The van der Waals surface area contributed by atoms with E-state index in [1.165, 1.54) is 12.0 Å². The first-order chi connectivity index (χ1) is 9.93. The Hall–Kier alpha value is -1.79. The Morgan fingerprint density at radius 3 is 2.67 bits per heavy atom. The molecule has 116 valence electrons. The molecule has 1 rings (SSSR count). The van der Waals surface area contributed by atoms with E-state index in [2.05, 4.69) is 0 Å². The van der Waals surface area contributed by atoms with Crippen LogP contribution in [0.5, 0.6) is 5.75 Å². The molecule has 1 aromatic carbocycles. The first kappa shape index (κ1) is 17.3. The Morgan fingerprint density at radius 1 is 1.38 bits per heavy atom. The lowest BCUT2D eigenvalue weighted by Crippen LogP contribution is -2.40. The number of benzene rings is 1. The van der Waals surface area contributed by atoms with E-state index in [0.29, 0.717) is 10.8 Å². The van der Waals surface area contributed by atoms with Gasteiger partial charge in [0.2, 0.25) is 0 Å². The van der Waals surface area contributed by atoms with Crippen LogP contribution in [0.15, 0.2) is 18.2 Å². The molecule has 0 radical (unpaired) electrons. The van der Waals surface area contributed by atoms with Gasteiger partial charge in [-0.15, -0.1) is 0 Å². The van der Waals surface area contributed by atoms with Crippen molar-refractivity contribution in [2.75, 3.05) is 33.4 Å². The number of hydrogen-bond acceptors (Lipinski definition) is 4. The zero-order valence-corrected chi connectivity index (χ0v) is 12.7. The Kier molecular flexibility index (Phi) is 6.98. The number of carbonyl (C=O) groups excluding carboxylic acids is 1. The number of rotatable bonds is 8. The summed E-state index contributed by atoms with van der Waals surface area (Å²) in [5.41, 5.74) is 0.836. The van der Waals surface area contributed by atoms with Gasteiger partial charge in [0.05, 0.1) is 6.61 Å². The molecule has 0 bridgehead atoms. The maximum absolute atomic E-state index is 12.0. The zero-order valence-electron chi connectivity index (χ0n) is 12.0. The summed E-state index contributed by atoms with van der Waals surface area (Å²) >= 11 is 5.90. The van der Waals surface area contributed by atoms with Gasteiger partial charge in [0.25, 0.3) is 5.91 Å². The van der Waals surface area contributed by atoms with E-state index in [9.17, 15) is 9.59 Å². The number of methoxy groups -OCH3 is 1. The second-order valence-corrected chi connectivity index (χ2v) is 4.81. The fourth-order valence-corrected chi connectivity index (χ4v) is 1.72. The van der Waals surface area contributed by atoms with Gasteiger partial charge < -0.3 is 19.5 Å². The van der Waals surface area contributed by atoms with Crippen LogP contribution in [0.2, 0.25) is 5.02 Å². The van der Waals surface area contributed by atoms with Crippen LogP contribution in [0.25, 0.3) is 0 Å². The van der Waals surface area contributed by atoms with Crippen LogP contribution in [-0.4, -0.2) is 55.3 Å². The van der Waals surface area contributed by atoms with Crippen LogP contribution in [0.3, 0.4) is 0 Å². The van der Waals surface area contributed by atoms with Crippen LogP contribution in [0.4, 0.5) is 0 Å². The third-order valence-electron chi connectivity index (χ3n) is 2.74. The lowest BCUT2D eigenvalue weighted by Gasteiger charge is -2.20. The molecular weight excluding hydrogens is 298 g/mol. The standard InChI is InChI=1S/C14H18ClNO5/c1-10-7-11(3-4-12(10)15)21-9-13(17)16(5-6-20-2)8-14(18)19/h3-4,7H,5-6,8-9H2,1-2H3,(H,18,19). The summed E-state index contributed by atoms with van der Waals surface area (Å²) < 4.78 is 10.2. The predicted octanol–water partition coefficient (Wildman–Crippen LogP) is 1.59. The summed E-state index contributed by atoms with van der Waals surface area (Å²) in [5.74, 6) is -0.990. The molecule has 1 amide bonds. The summed E-state index contributed by atoms with van der Waals surface area (Å²) in [6.45, 7) is 1.67. The summed E-state index contributed by atoms with van der Waals surface area (Å²) in [7, 11) is 1.48. The molecular formula is C14H18ClNO5. The van der Waals surface area contributed by atoms with Gasteiger partial charge in [-0.1, -0.05) is 11.6 Å². The molecule has 21 heavy (non-hydrogen) atoms. The molecule has 0 saturated heterocycles. The largest absolute Gasteiger partial charge is 0.484 e. The Labute approximate surface area is 128 Å². The number of halogens is 1. The summed E-state index contributed by atoms with van der Waals surface area (Å²) in [6, 6.07) is 5.04.